The first-order chi connectivity index (χ1) is 12.2. The van der Waals surface area contributed by atoms with E-state index >= 15 is 0 Å². The van der Waals surface area contributed by atoms with Crippen LogP contribution in [0.1, 0.15) is 83.5 Å². The van der Waals surface area contributed by atoms with E-state index in [1.54, 1.807) is 4.90 Å². The molecule has 1 amide bonds. The van der Waals surface area contributed by atoms with Crippen molar-refractivity contribution in [1.29, 1.82) is 0 Å². The van der Waals surface area contributed by atoms with Crippen LogP contribution in [0.3, 0.4) is 0 Å². The number of piperidine rings is 1. The monoisotopic (exact) mass is 345 g/mol. The fourth-order valence-electron chi connectivity index (χ4n) is 6.87. The molecule has 1 saturated heterocycles. The third kappa shape index (κ3) is 2.58. The first-order valence-electron chi connectivity index (χ1n) is 11.0. The summed E-state index contributed by atoms with van der Waals surface area (Å²) < 4.78 is 0. The number of nitrogens with one attached hydrogen (secondary N) is 3. The topological polar surface area (TPSA) is 47.5 Å². The third-order valence-electron chi connectivity index (χ3n) is 8.17. The fraction of sp³-hybridized carbons (Fsp3) is 0.905. The van der Waals surface area contributed by atoms with Crippen LogP contribution < -0.4 is 15.2 Å². The Hall–Kier alpha value is -0.900. The van der Waals surface area contributed by atoms with Crippen LogP contribution in [-0.4, -0.2) is 36.4 Å². The van der Waals surface area contributed by atoms with Gasteiger partial charge in [0.25, 0.3) is 0 Å². The summed E-state index contributed by atoms with van der Waals surface area (Å²) in [6.07, 6.45) is 16.6. The minimum absolute atomic E-state index is 0.105. The molecule has 138 valence electrons. The van der Waals surface area contributed by atoms with Crippen molar-refractivity contribution in [3.05, 3.63) is 0 Å². The predicted molar refractivity (Wildman–Crippen MR) is 97.3 cm³/mol. The van der Waals surface area contributed by atoms with E-state index in [0.717, 1.165) is 31.8 Å². The number of carbonyl (C=O) groups excluding carboxylic acids is 1. The molecule has 0 radical (unpaired) electrons. The lowest BCUT2D eigenvalue weighted by atomic mass is 9.62. The molecule has 25 heavy (non-hydrogen) atoms. The van der Waals surface area contributed by atoms with Gasteiger partial charge in [0.1, 0.15) is 6.54 Å². The summed E-state index contributed by atoms with van der Waals surface area (Å²) in [5.74, 6) is 1.00. The first kappa shape index (κ1) is 16.3. The van der Waals surface area contributed by atoms with E-state index in [9.17, 15) is 4.79 Å². The lowest BCUT2D eigenvalue weighted by Gasteiger charge is -2.50. The number of hydrogen-bond donors (Lipinski definition) is 3. The van der Waals surface area contributed by atoms with Gasteiger partial charge >= 0.3 is 0 Å². The molecule has 3 N–H and O–H groups in total. The Labute approximate surface area is 151 Å². The van der Waals surface area contributed by atoms with Crippen LogP contribution in [0.5, 0.6) is 0 Å². The van der Waals surface area contributed by atoms with Gasteiger partial charge in [-0.15, -0.1) is 0 Å². The van der Waals surface area contributed by atoms with Crippen molar-refractivity contribution in [3.8, 4) is 0 Å². The van der Waals surface area contributed by atoms with Crippen molar-refractivity contribution < 1.29 is 14.7 Å². The molecule has 4 fully saturated rings. The molecule has 5 rings (SSSR count). The molecule has 2 bridgehead atoms. The van der Waals surface area contributed by atoms with Crippen molar-refractivity contribution in [2.45, 2.75) is 95.2 Å². The first-order valence-corrected chi connectivity index (χ1v) is 11.0. The lowest BCUT2D eigenvalue weighted by molar-refractivity contribution is -0.937. The van der Waals surface area contributed by atoms with Crippen molar-refractivity contribution in [2.75, 3.05) is 13.1 Å². The van der Waals surface area contributed by atoms with E-state index in [0.29, 0.717) is 11.8 Å². The Morgan fingerprint density at radius 3 is 2.48 bits per heavy atom. The smallest absolute Gasteiger partial charge is 0.247 e. The zero-order valence-corrected chi connectivity index (χ0v) is 15.7. The maximum Gasteiger partial charge on any atom is 0.247 e. The maximum atomic E-state index is 13.5. The van der Waals surface area contributed by atoms with Gasteiger partial charge in [0.15, 0.2) is 11.1 Å². The van der Waals surface area contributed by atoms with Crippen molar-refractivity contribution in [1.82, 2.24) is 5.32 Å². The highest BCUT2D eigenvalue weighted by Gasteiger charge is 2.64. The third-order valence-corrected chi connectivity index (χ3v) is 8.17. The van der Waals surface area contributed by atoms with Crippen LogP contribution in [-0.2, 0) is 4.79 Å². The SMILES string of the molecule is O=C1NC2(CCCCC2)[NH+]=C2[C@@H]3CCC[C@]12C[NH+](C1CCCCC1)C3. The Bertz CT molecular complexity index is 574. The zero-order chi connectivity index (χ0) is 16.9. The largest absolute Gasteiger partial charge is 0.330 e. The number of carbonyl (C=O) groups is 1. The number of amides is 1. The fourth-order valence-corrected chi connectivity index (χ4v) is 6.87. The highest BCUT2D eigenvalue weighted by molar-refractivity contribution is 6.09. The Morgan fingerprint density at radius 2 is 1.68 bits per heavy atom. The molecule has 0 aromatic carbocycles. The Kier molecular flexibility index (Phi) is 3.96. The Balaban J connectivity index is 1.48. The van der Waals surface area contributed by atoms with E-state index in [2.05, 4.69) is 10.3 Å². The van der Waals surface area contributed by atoms with Gasteiger partial charge in [-0.25, -0.2) is 4.99 Å². The van der Waals surface area contributed by atoms with Gasteiger partial charge < -0.3 is 4.90 Å². The summed E-state index contributed by atoms with van der Waals surface area (Å²) >= 11 is 0. The zero-order valence-electron chi connectivity index (χ0n) is 15.7. The number of hydrogen-bond acceptors (Lipinski definition) is 1. The summed E-state index contributed by atoms with van der Waals surface area (Å²) in [7, 11) is 0. The van der Waals surface area contributed by atoms with Gasteiger partial charge in [-0.2, -0.15) is 0 Å². The summed E-state index contributed by atoms with van der Waals surface area (Å²) in [6, 6.07) is 0.811. The minimum Gasteiger partial charge on any atom is -0.330 e. The normalized spacial score (nSPS) is 41.0. The van der Waals surface area contributed by atoms with Gasteiger partial charge in [-0.3, -0.25) is 10.1 Å². The summed E-state index contributed by atoms with van der Waals surface area (Å²) in [6.45, 7) is 2.33. The molecule has 0 aromatic rings. The van der Waals surface area contributed by atoms with E-state index < -0.39 is 0 Å². The molecule has 3 atom stereocenters. The summed E-state index contributed by atoms with van der Waals surface area (Å²) in [5, 5.41) is 3.52. The molecular weight excluding hydrogens is 310 g/mol. The lowest BCUT2D eigenvalue weighted by Crippen LogP contribution is -3.21. The molecule has 0 aromatic heterocycles. The van der Waals surface area contributed by atoms with Crippen LogP contribution in [0.15, 0.2) is 0 Å². The van der Waals surface area contributed by atoms with Gasteiger partial charge in [0, 0.05) is 12.8 Å². The quantitative estimate of drug-likeness (QED) is 0.630. The van der Waals surface area contributed by atoms with Gasteiger partial charge in [0.2, 0.25) is 11.6 Å². The second kappa shape index (κ2) is 6.07. The second-order valence-electron chi connectivity index (χ2n) is 9.68. The van der Waals surface area contributed by atoms with Gasteiger partial charge in [-0.05, 0) is 51.4 Å². The molecule has 4 heteroatoms. The van der Waals surface area contributed by atoms with Gasteiger partial charge in [0.05, 0.1) is 18.5 Å². The highest BCUT2D eigenvalue weighted by atomic mass is 16.2. The second-order valence-corrected chi connectivity index (χ2v) is 9.68. The summed E-state index contributed by atoms with van der Waals surface area (Å²) in [5.41, 5.74) is 1.16. The van der Waals surface area contributed by atoms with Gasteiger partial charge in [-0.1, -0.05) is 19.3 Å². The van der Waals surface area contributed by atoms with Crippen molar-refractivity contribution >= 4 is 11.6 Å². The van der Waals surface area contributed by atoms with E-state index in [-0.39, 0.29) is 11.1 Å². The molecule has 2 aliphatic heterocycles. The van der Waals surface area contributed by atoms with Crippen molar-refractivity contribution in [2.24, 2.45) is 11.3 Å². The van der Waals surface area contributed by atoms with Crippen LogP contribution in [0.2, 0.25) is 0 Å². The molecule has 2 heterocycles. The van der Waals surface area contributed by atoms with Crippen LogP contribution >= 0.6 is 0 Å². The minimum atomic E-state index is -0.198. The average molecular weight is 346 g/mol. The van der Waals surface area contributed by atoms with Crippen LogP contribution in [0.25, 0.3) is 0 Å². The molecule has 3 saturated carbocycles. The number of likely N-dealkylation sites (tertiary alicyclic amines) is 1. The molecule has 1 unspecified atom stereocenters. The molecule has 4 nitrogen and oxygen atoms in total. The highest BCUT2D eigenvalue weighted by Crippen LogP contribution is 2.39. The molecule has 1 spiro atoms. The van der Waals surface area contributed by atoms with Crippen molar-refractivity contribution in [3.63, 3.8) is 0 Å². The standard InChI is InChI=1S/C21H33N3O/c25-19-20-11-7-8-16(14-24(15-20)17-9-3-1-4-10-17)18(20)22-21(23-19)12-5-2-6-13-21/h16-17H,1-15H2,(H,23,25)/p+2/t16-,20-/m1/s1. The van der Waals surface area contributed by atoms with Crippen LogP contribution in [0.4, 0.5) is 0 Å². The molecular formula is C21H35N3O+2. The molecule has 5 aliphatic rings. The summed E-state index contributed by atoms with van der Waals surface area (Å²) in [4.78, 5) is 19.2. The number of quaternary nitrogens is 1. The maximum absolute atomic E-state index is 13.5. The van der Waals surface area contributed by atoms with E-state index in [1.165, 1.54) is 76.5 Å². The van der Waals surface area contributed by atoms with Crippen LogP contribution in [0, 0.1) is 11.3 Å². The predicted octanol–water partition coefficient (Wildman–Crippen LogP) is 0.316. The Morgan fingerprint density at radius 1 is 0.920 bits per heavy atom. The van der Waals surface area contributed by atoms with E-state index in [1.807, 2.05) is 0 Å². The molecule has 3 aliphatic carbocycles. The van der Waals surface area contributed by atoms with E-state index in [4.69, 9.17) is 0 Å². The number of rotatable bonds is 1. The average Bonchev–Trinajstić information content (AvgIpc) is 2.62.